The molecule has 2 aliphatic rings. The molecule has 126 valence electrons. The Hall–Kier alpha value is -2.14. The van der Waals surface area contributed by atoms with Crippen LogP contribution < -0.4 is 0 Å². The van der Waals surface area contributed by atoms with E-state index in [-0.39, 0.29) is 11.3 Å². The summed E-state index contributed by atoms with van der Waals surface area (Å²) in [7, 11) is 3.96. The van der Waals surface area contributed by atoms with Crippen LogP contribution in [0, 0.1) is 5.41 Å². The first kappa shape index (κ1) is 15.4. The number of carbonyl (C=O) groups is 1. The van der Waals surface area contributed by atoms with E-state index in [0.29, 0.717) is 5.91 Å². The third-order valence-corrected chi connectivity index (χ3v) is 5.76. The average molecular weight is 324 g/mol. The summed E-state index contributed by atoms with van der Waals surface area (Å²) in [5.74, 6) is 1.64. The van der Waals surface area contributed by atoms with E-state index in [9.17, 15) is 4.79 Å². The number of hydrogen-bond donors (Lipinski definition) is 0. The number of aryl methyl sites for hydroxylation is 1. The highest BCUT2D eigenvalue weighted by Crippen LogP contribution is 2.49. The molecular weight excluding hydrogens is 300 g/mol. The fraction of sp³-hybridized carbons (Fsp3) is 0.474. The second-order valence-corrected chi connectivity index (χ2v) is 7.22. The summed E-state index contributed by atoms with van der Waals surface area (Å²) in [6, 6.07) is 10.5. The van der Waals surface area contributed by atoms with E-state index in [1.165, 1.54) is 5.56 Å². The average Bonchev–Trinajstić information content (AvgIpc) is 3.26. The molecule has 0 bridgehead atoms. The first-order chi connectivity index (χ1) is 11.6. The van der Waals surface area contributed by atoms with Crippen molar-refractivity contribution in [3.05, 3.63) is 54.1 Å². The molecule has 0 unspecified atom stereocenters. The van der Waals surface area contributed by atoms with Crippen LogP contribution >= 0.6 is 0 Å². The maximum Gasteiger partial charge on any atom is 0.230 e. The lowest BCUT2D eigenvalue weighted by atomic mass is 9.73. The molecular formula is C19H24N4O. The Kier molecular flexibility index (Phi) is 3.68. The fourth-order valence-electron chi connectivity index (χ4n) is 4.43. The molecule has 5 heteroatoms. The van der Waals surface area contributed by atoms with Crippen LogP contribution in [0.25, 0.3) is 0 Å². The number of nitrogens with zero attached hydrogens (tertiary/aromatic N) is 4. The van der Waals surface area contributed by atoms with Crippen molar-refractivity contribution in [2.75, 3.05) is 26.7 Å². The summed E-state index contributed by atoms with van der Waals surface area (Å²) in [4.78, 5) is 21.7. The fourth-order valence-corrected chi connectivity index (χ4v) is 4.43. The lowest BCUT2D eigenvalue weighted by Crippen LogP contribution is -2.38. The normalized spacial score (nSPS) is 27.5. The Labute approximate surface area is 142 Å². The molecule has 0 radical (unpaired) electrons. The summed E-state index contributed by atoms with van der Waals surface area (Å²) in [5, 5.41) is 0. The minimum Gasteiger partial charge on any atom is -0.345 e. The number of likely N-dealkylation sites (tertiary alicyclic amines) is 2. The standard InChI is InChI=1S/C19H24N4O/c1-21-11-9-20-17(21)13-23-10-8-19(14-23)16(12-22(2)18(19)24)15-6-4-3-5-7-15/h3-7,9,11,16H,8,10,12-14H2,1-2H3/t16-,19-/m0/s1. The highest BCUT2D eigenvalue weighted by atomic mass is 16.2. The van der Waals surface area contributed by atoms with Gasteiger partial charge in [-0.2, -0.15) is 0 Å². The van der Waals surface area contributed by atoms with Gasteiger partial charge in [0.05, 0.1) is 12.0 Å². The second-order valence-electron chi connectivity index (χ2n) is 7.22. The zero-order valence-electron chi connectivity index (χ0n) is 14.4. The predicted octanol–water partition coefficient (Wildman–Crippen LogP) is 1.87. The lowest BCUT2D eigenvalue weighted by molar-refractivity contribution is -0.134. The van der Waals surface area contributed by atoms with Crippen LogP contribution in [0.4, 0.5) is 0 Å². The van der Waals surface area contributed by atoms with Gasteiger partial charge in [-0.05, 0) is 18.5 Å². The molecule has 3 heterocycles. The topological polar surface area (TPSA) is 41.4 Å². The lowest BCUT2D eigenvalue weighted by Gasteiger charge is -2.28. The van der Waals surface area contributed by atoms with Gasteiger partial charge in [-0.25, -0.2) is 4.98 Å². The molecule has 2 fully saturated rings. The Morgan fingerprint density at radius 1 is 1.25 bits per heavy atom. The summed E-state index contributed by atoms with van der Waals surface area (Å²) in [6.07, 6.45) is 4.74. The Morgan fingerprint density at radius 3 is 2.75 bits per heavy atom. The van der Waals surface area contributed by atoms with Crippen molar-refractivity contribution in [1.29, 1.82) is 0 Å². The first-order valence-electron chi connectivity index (χ1n) is 8.59. The van der Waals surface area contributed by atoms with Gasteiger partial charge in [0.2, 0.25) is 5.91 Å². The van der Waals surface area contributed by atoms with Crippen LogP contribution in [0.5, 0.6) is 0 Å². The van der Waals surface area contributed by atoms with Crippen molar-refractivity contribution in [3.63, 3.8) is 0 Å². The van der Waals surface area contributed by atoms with Gasteiger partial charge in [0.1, 0.15) is 5.82 Å². The molecule has 1 aromatic carbocycles. The van der Waals surface area contributed by atoms with Crippen LogP contribution in [0.1, 0.15) is 23.7 Å². The van der Waals surface area contributed by atoms with Crippen LogP contribution in [-0.2, 0) is 18.4 Å². The van der Waals surface area contributed by atoms with Gasteiger partial charge in [0.15, 0.2) is 0 Å². The molecule has 2 saturated heterocycles. The van der Waals surface area contributed by atoms with E-state index >= 15 is 0 Å². The highest BCUT2D eigenvalue weighted by Gasteiger charge is 2.56. The number of benzene rings is 1. The first-order valence-corrected chi connectivity index (χ1v) is 8.59. The third-order valence-electron chi connectivity index (χ3n) is 5.76. The number of imidazole rings is 1. The van der Waals surface area contributed by atoms with Crippen molar-refractivity contribution in [3.8, 4) is 0 Å². The Balaban J connectivity index is 1.60. The highest BCUT2D eigenvalue weighted by molar-refractivity contribution is 5.87. The molecule has 0 aliphatic carbocycles. The molecule has 1 amide bonds. The SMILES string of the molecule is CN1C[C@@H](c2ccccc2)[C@@]2(CCN(Cc3nccn3C)C2)C1=O. The smallest absolute Gasteiger partial charge is 0.230 e. The number of likely N-dealkylation sites (N-methyl/N-ethyl adjacent to an activating group) is 1. The number of aromatic nitrogens is 2. The quantitative estimate of drug-likeness (QED) is 0.865. The van der Waals surface area contributed by atoms with Crippen LogP contribution in [0.2, 0.25) is 0 Å². The zero-order valence-corrected chi connectivity index (χ0v) is 14.4. The maximum atomic E-state index is 13.0. The number of hydrogen-bond acceptors (Lipinski definition) is 3. The van der Waals surface area contributed by atoms with Crippen molar-refractivity contribution in [2.45, 2.75) is 18.9 Å². The summed E-state index contributed by atoms with van der Waals surface area (Å²) >= 11 is 0. The predicted molar refractivity (Wildman–Crippen MR) is 92.4 cm³/mol. The Bertz CT molecular complexity index is 741. The number of amides is 1. The Morgan fingerprint density at radius 2 is 2.04 bits per heavy atom. The molecule has 1 spiro atoms. The van der Waals surface area contributed by atoms with Crippen molar-refractivity contribution in [1.82, 2.24) is 19.4 Å². The van der Waals surface area contributed by atoms with Crippen LogP contribution in [0.3, 0.4) is 0 Å². The van der Waals surface area contributed by atoms with Crippen molar-refractivity contribution >= 4 is 5.91 Å². The monoisotopic (exact) mass is 324 g/mol. The van der Waals surface area contributed by atoms with Crippen LogP contribution in [0.15, 0.2) is 42.7 Å². The van der Waals surface area contributed by atoms with Gasteiger partial charge in [-0.3, -0.25) is 9.69 Å². The van der Waals surface area contributed by atoms with E-state index in [1.807, 2.05) is 37.5 Å². The summed E-state index contributed by atoms with van der Waals surface area (Å²) in [6.45, 7) is 3.40. The number of rotatable bonds is 3. The summed E-state index contributed by atoms with van der Waals surface area (Å²) in [5.41, 5.74) is 1.01. The maximum absolute atomic E-state index is 13.0. The van der Waals surface area contributed by atoms with E-state index in [4.69, 9.17) is 0 Å². The van der Waals surface area contributed by atoms with Gasteiger partial charge in [0, 0.05) is 45.5 Å². The van der Waals surface area contributed by atoms with Gasteiger partial charge in [-0.15, -0.1) is 0 Å². The largest absolute Gasteiger partial charge is 0.345 e. The van der Waals surface area contributed by atoms with Crippen LogP contribution in [-0.4, -0.2) is 51.9 Å². The minimum atomic E-state index is -0.277. The molecule has 2 aliphatic heterocycles. The molecule has 24 heavy (non-hydrogen) atoms. The van der Waals surface area contributed by atoms with E-state index < -0.39 is 0 Å². The molecule has 0 saturated carbocycles. The molecule has 0 N–H and O–H groups in total. The van der Waals surface area contributed by atoms with Gasteiger partial charge < -0.3 is 9.47 Å². The van der Waals surface area contributed by atoms with E-state index in [2.05, 4.69) is 38.7 Å². The third kappa shape index (κ3) is 2.35. The van der Waals surface area contributed by atoms with E-state index in [1.54, 1.807) is 0 Å². The van der Waals surface area contributed by atoms with Crippen molar-refractivity contribution in [2.24, 2.45) is 12.5 Å². The molecule has 1 aromatic heterocycles. The minimum absolute atomic E-state index is 0.277. The second kappa shape index (κ2) is 5.74. The van der Waals surface area contributed by atoms with Gasteiger partial charge >= 0.3 is 0 Å². The van der Waals surface area contributed by atoms with Gasteiger partial charge in [0.25, 0.3) is 0 Å². The van der Waals surface area contributed by atoms with Crippen molar-refractivity contribution < 1.29 is 4.79 Å². The molecule has 5 nitrogen and oxygen atoms in total. The number of carbonyl (C=O) groups excluding carboxylic acids is 1. The van der Waals surface area contributed by atoms with Gasteiger partial charge in [-0.1, -0.05) is 30.3 Å². The van der Waals surface area contributed by atoms with E-state index in [0.717, 1.165) is 38.4 Å². The molecule has 4 rings (SSSR count). The molecule has 2 atom stereocenters. The zero-order chi connectivity index (χ0) is 16.7. The molecule has 2 aromatic rings. The summed E-state index contributed by atoms with van der Waals surface area (Å²) < 4.78 is 2.06.